The lowest BCUT2D eigenvalue weighted by molar-refractivity contribution is 0.0526. The molecule has 3 aromatic rings. The van der Waals surface area contributed by atoms with E-state index < -0.39 is 0 Å². The van der Waals surface area contributed by atoms with Crippen LogP contribution in [0, 0.1) is 0 Å². The molecule has 0 aromatic heterocycles. The molecule has 0 unspecified atom stereocenters. The monoisotopic (exact) mass is 459 g/mol. The Morgan fingerprint density at radius 3 is 2.35 bits per heavy atom. The average molecular weight is 460 g/mol. The predicted molar refractivity (Wildman–Crippen MR) is 124 cm³/mol. The zero-order valence-corrected chi connectivity index (χ0v) is 18.8. The van der Waals surface area contributed by atoms with E-state index in [1.165, 1.54) is 0 Å². The molecule has 0 saturated carbocycles. The number of esters is 1. The van der Waals surface area contributed by atoms with Crippen LogP contribution in [-0.2, 0) is 17.9 Å². The topological polar surface area (TPSA) is 56.8 Å². The van der Waals surface area contributed by atoms with Crippen molar-refractivity contribution in [2.75, 3.05) is 19.0 Å². The minimum absolute atomic E-state index is 0.302. The predicted octanol–water partition coefficient (Wildman–Crippen LogP) is 6.37. The summed E-state index contributed by atoms with van der Waals surface area (Å²) in [5.41, 5.74) is 3.08. The summed E-state index contributed by atoms with van der Waals surface area (Å²) in [6, 6.07) is 18.1. The number of carbonyl (C=O) groups excluding carboxylic acids is 1. The molecule has 0 aliphatic carbocycles. The number of halogens is 2. The molecular formula is C24H23Cl2NO4. The van der Waals surface area contributed by atoms with Gasteiger partial charge in [0, 0.05) is 33.9 Å². The highest BCUT2D eigenvalue weighted by atomic mass is 35.5. The summed E-state index contributed by atoms with van der Waals surface area (Å²) in [7, 11) is 1.58. The molecule has 0 radical (unpaired) electrons. The number of nitrogens with one attached hydrogen (secondary N) is 1. The van der Waals surface area contributed by atoms with Crippen LogP contribution in [0.15, 0.2) is 60.7 Å². The summed E-state index contributed by atoms with van der Waals surface area (Å²) in [6.07, 6.45) is 0. The maximum atomic E-state index is 11.8. The lowest BCUT2D eigenvalue weighted by atomic mass is 10.1. The number of ether oxygens (including phenoxy) is 3. The van der Waals surface area contributed by atoms with Gasteiger partial charge in [0.2, 0.25) is 0 Å². The van der Waals surface area contributed by atoms with Gasteiger partial charge in [0.25, 0.3) is 0 Å². The quantitative estimate of drug-likeness (QED) is 0.376. The molecule has 31 heavy (non-hydrogen) atoms. The smallest absolute Gasteiger partial charge is 0.338 e. The highest BCUT2D eigenvalue weighted by Gasteiger charge is 2.12. The van der Waals surface area contributed by atoms with Gasteiger partial charge in [-0.25, -0.2) is 4.79 Å². The zero-order valence-electron chi connectivity index (χ0n) is 17.3. The third kappa shape index (κ3) is 6.06. The molecule has 0 atom stereocenters. The van der Waals surface area contributed by atoms with E-state index in [2.05, 4.69) is 5.32 Å². The fourth-order valence-corrected chi connectivity index (χ4v) is 3.30. The van der Waals surface area contributed by atoms with Gasteiger partial charge in [0.1, 0.15) is 6.61 Å². The van der Waals surface area contributed by atoms with Crippen LogP contribution in [0.5, 0.6) is 11.5 Å². The van der Waals surface area contributed by atoms with E-state index in [0.29, 0.717) is 46.9 Å². The maximum Gasteiger partial charge on any atom is 0.338 e. The van der Waals surface area contributed by atoms with Crippen molar-refractivity contribution in [1.82, 2.24) is 0 Å². The summed E-state index contributed by atoms with van der Waals surface area (Å²) >= 11 is 12.7. The minimum atomic E-state index is -0.339. The number of carbonyl (C=O) groups is 1. The largest absolute Gasteiger partial charge is 0.493 e. The molecular weight excluding hydrogens is 437 g/mol. The van der Waals surface area contributed by atoms with Crippen molar-refractivity contribution in [2.45, 2.75) is 20.1 Å². The van der Waals surface area contributed by atoms with Gasteiger partial charge in [0.05, 0.1) is 19.3 Å². The molecule has 1 N–H and O–H groups in total. The summed E-state index contributed by atoms with van der Waals surface area (Å²) in [6.45, 7) is 2.89. The summed E-state index contributed by atoms with van der Waals surface area (Å²) in [5, 5.41) is 4.47. The molecule has 162 valence electrons. The van der Waals surface area contributed by atoms with Crippen LogP contribution in [0.3, 0.4) is 0 Å². The van der Waals surface area contributed by atoms with Gasteiger partial charge in [-0.15, -0.1) is 0 Å². The van der Waals surface area contributed by atoms with Crippen molar-refractivity contribution in [3.8, 4) is 11.5 Å². The van der Waals surface area contributed by atoms with Crippen LogP contribution >= 0.6 is 23.2 Å². The normalized spacial score (nSPS) is 10.5. The molecule has 0 aliphatic rings. The highest BCUT2D eigenvalue weighted by Crippen LogP contribution is 2.34. The molecule has 0 fully saturated rings. The Hall–Kier alpha value is -2.89. The summed E-state index contributed by atoms with van der Waals surface area (Å²) in [5.74, 6) is 0.773. The number of benzene rings is 3. The van der Waals surface area contributed by atoms with E-state index >= 15 is 0 Å². The maximum absolute atomic E-state index is 11.8. The Labute approximate surface area is 191 Å². The molecule has 5 nitrogen and oxygen atoms in total. The molecule has 0 aliphatic heterocycles. The number of rotatable bonds is 9. The van der Waals surface area contributed by atoms with E-state index in [4.69, 9.17) is 37.4 Å². The van der Waals surface area contributed by atoms with Crippen LogP contribution in [0.1, 0.15) is 28.4 Å². The van der Waals surface area contributed by atoms with Gasteiger partial charge in [-0.3, -0.25) is 0 Å². The van der Waals surface area contributed by atoms with Crippen molar-refractivity contribution < 1.29 is 19.0 Å². The first-order chi connectivity index (χ1) is 15.0. The van der Waals surface area contributed by atoms with E-state index in [1.807, 2.05) is 42.5 Å². The molecule has 0 heterocycles. The zero-order chi connectivity index (χ0) is 22.2. The van der Waals surface area contributed by atoms with Gasteiger partial charge >= 0.3 is 5.97 Å². The summed E-state index contributed by atoms with van der Waals surface area (Å²) in [4.78, 5) is 11.8. The van der Waals surface area contributed by atoms with Crippen molar-refractivity contribution in [3.05, 3.63) is 87.4 Å². The van der Waals surface area contributed by atoms with E-state index in [-0.39, 0.29) is 5.97 Å². The Morgan fingerprint density at radius 2 is 1.68 bits per heavy atom. The Balaban J connectivity index is 1.67. The highest BCUT2D eigenvalue weighted by molar-refractivity contribution is 6.31. The molecule has 3 aromatic carbocycles. The van der Waals surface area contributed by atoms with Crippen molar-refractivity contribution in [2.24, 2.45) is 0 Å². The summed E-state index contributed by atoms with van der Waals surface area (Å²) < 4.78 is 16.4. The number of anilines is 1. The van der Waals surface area contributed by atoms with Crippen LogP contribution in [0.2, 0.25) is 10.0 Å². The second kappa shape index (κ2) is 10.9. The van der Waals surface area contributed by atoms with E-state index in [0.717, 1.165) is 16.8 Å². The third-order valence-electron chi connectivity index (χ3n) is 4.55. The van der Waals surface area contributed by atoms with Crippen molar-refractivity contribution >= 4 is 34.9 Å². The Kier molecular flexibility index (Phi) is 8.04. The Bertz CT molecular complexity index is 1040. The molecule has 0 bridgehead atoms. The standard InChI is InChI=1S/C24H23Cl2NO4/c1-3-30-24(28)16-8-10-19(11-9-16)27-14-18-12-22(29-2)23(13-21(18)26)31-15-17-6-4-5-7-20(17)25/h4-13,27H,3,14-15H2,1-2H3. The average Bonchev–Trinajstić information content (AvgIpc) is 2.78. The van der Waals surface area contributed by atoms with E-state index in [9.17, 15) is 4.79 Å². The number of methoxy groups -OCH3 is 1. The fraction of sp³-hybridized carbons (Fsp3) is 0.208. The first kappa shape index (κ1) is 22.8. The van der Waals surface area contributed by atoms with Crippen molar-refractivity contribution in [3.63, 3.8) is 0 Å². The van der Waals surface area contributed by atoms with Crippen LogP contribution < -0.4 is 14.8 Å². The van der Waals surface area contributed by atoms with E-state index in [1.54, 1.807) is 32.2 Å². The first-order valence-electron chi connectivity index (χ1n) is 9.75. The second-order valence-corrected chi connectivity index (χ2v) is 7.44. The van der Waals surface area contributed by atoms with Gasteiger partial charge in [-0.1, -0.05) is 41.4 Å². The molecule has 0 amide bonds. The Morgan fingerprint density at radius 1 is 0.935 bits per heavy atom. The first-order valence-corrected chi connectivity index (χ1v) is 10.5. The van der Waals surface area contributed by atoms with Crippen LogP contribution in [0.4, 0.5) is 5.69 Å². The van der Waals surface area contributed by atoms with Crippen LogP contribution in [-0.4, -0.2) is 19.7 Å². The SMILES string of the molecule is CCOC(=O)c1ccc(NCc2cc(OC)c(OCc3ccccc3Cl)cc2Cl)cc1. The molecule has 7 heteroatoms. The molecule has 0 spiro atoms. The lowest BCUT2D eigenvalue weighted by Crippen LogP contribution is -2.05. The number of hydrogen-bond donors (Lipinski definition) is 1. The van der Waals surface area contributed by atoms with Gasteiger partial charge in [0.15, 0.2) is 11.5 Å². The number of hydrogen-bond acceptors (Lipinski definition) is 5. The lowest BCUT2D eigenvalue weighted by Gasteiger charge is -2.15. The third-order valence-corrected chi connectivity index (χ3v) is 5.27. The van der Waals surface area contributed by atoms with Crippen LogP contribution in [0.25, 0.3) is 0 Å². The van der Waals surface area contributed by atoms with Gasteiger partial charge < -0.3 is 19.5 Å². The molecule has 3 rings (SSSR count). The second-order valence-electron chi connectivity index (χ2n) is 6.63. The van der Waals surface area contributed by atoms with Crippen molar-refractivity contribution in [1.29, 1.82) is 0 Å². The molecule has 0 saturated heterocycles. The van der Waals surface area contributed by atoms with Gasteiger partial charge in [-0.05, 0) is 48.9 Å². The van der Waals surface area contributed by atoms with Gasteiger partial charge in [-0.2, -0.15) is 0 Å². The minimum Gasteiger partial charge on any atom is -0.493 e. The fourth-order valence-electron chi connectivity index (χ4n) is 2.89.